The summed E-state index contributed by atoms with van der Waals surface area (Å²) in [6.07, 6.45) is 2.32. The Morgan fingerprint density at radius 1 is 1.13 bits per heavy atom. The Labute approximate surface area is 190 Å². The van der Waals surface area contributed by atoms with E-state index in [1.807, 2.05) is 17.0 Å². The van der Waals surface area contributed by atoms with Gasteiger partial charge in [0.25, 0.3) is 0 Å². The summed E-state index contributed by atoms with van der Waals surface area (Å²) >= 11 is 6.22. The lowest BCUT2D eigenvalue weighted by atomic mass is 9.96. The summed E-state index contributed by atoms with van der Waals surface area (Å²) in [6, 6.07) is 8.22. The highest BCUT2D eigenvalue weighted by Gasteiger charge is 2.44. The van der Waals surface area contributed by atoms with Crippen LogP contribution in [-0.4, -0.2) is 98.7 Å². The number of carbonyl (C=O) groups excluding carboxylic acids is 1. The normalized spacial score (nSPS) is 21.8. The molecule has 0 bridgehead atoms. The van der Waals surface area contributed by atoms with Crippen molar-refractivity contribution in [2.45, 2.75) is 25.2 Å². The van der Waals surface area contributed by atoms with E-state index in [0.717, 1.165) is 63.1 Å². The van der Waals surface area contributed by atoms with Gasteiger partial charge in [-0.1, -0.05) is 23.7 Å². The molecule has 0 unspecified atom stereocenters. The van der Waals surface area contributed by atoms with Crippen molar-refractivity contribution >= 4 is 23.5 Å². The van der Waals surface area contributed by atoms with Crippen LogP contribution < -0.4 is 5.32 Å². The fourth-order valence-electron chi connectivity index (χ4n) is 4.38. The molecule has 1 amide bonds. The van der Waals surface area contributed by atoms with Crippen molar-refractivity contribution in [3.8, 4) is 0 Å². The van der Waals surface area contributed by atoms with Gasteiger partial charge in [0.1, 0.15) is 0 Å². The highest BCUT2D eigenvalue weighted by Crippen LogP contribution is 2.48. The minimum Gasteiger partial charge on any atom is -0.378 e. The third kappa shape index (κ3) is 5.70. The zero-order valence-electron chi connectivity index (χ0n) is 18.5. The average Bonchev–Trinajstić information content (AvgIpc) is 3.59. The Hall–Kier alpha value is -1.83. The number of hydrogen-bond acceptors (Lipinski definition) is 4. The Bertz CT molecular complexity index is 784. The minimum atomic E-state index is 0.137. The second kappa shape index (κ2) is 10.2. The summed E-state index contributed by atoms with van der Waals surface area (Å²) in [5.41, 5.74) is 1.43. The van der Waals surface area contributed by atoms with Crippen LogP contribution >= 0.6 is 11.6 Å². The molecule has 4 rings (SSSR count). The van der Waals surface area contributed by atoms with Gasteiger partial charge in [-0.15, -0.1) is 0 Å². The molecule has 1 aromatic carbocycles. The van der Waals surface area contributed by atoms with Gasteiger partial charge >= 0.3 is 0 Å². The maximum Gasteiger partial charge on any atom is 0.236 e. The lowest BCUT2D eigenvalue weighted by Crippen LogP contribution is -2.55. The third-order valence-corrected chi connectivity index (χ3v) is 6.79. The molecule has 2 saturated heterocycles. The largest absolute Gasteiger partial charge is 0.378 e. The van der Waals surface area contributed by atoms with Gasteiger partial charge < -0.3 is 19.9 Å². The van der Waals surface area contributed by atoms with E-state index in [1.165, 1.54) is 5.56 Å². The number of hydrogen-bond donors (Lipinski definition) is 1. The molecule has 1 aliphatic carbocycles. The van der Waals surface area contributed by atoms with Crippen LogP contribution in [0.25, 0.3) is 0 Å². The molecule has 2 aliphatic heterocycles. The Balaban J connectivity index is 1.31. The predicted octanol–water partition coefficient (Wildman–Crippen LogP) is 1.81. The number of amides is 1. The van der Waals surface area contributed by atoms with E-state index < -0.39 is 0 Å². The first-order valence-corrected chi connectivity index (χ1v) is 11.8. The quantitative estimate of drug-likeness (QED) is 0.532. The monoisotopic (exact) mass is 447 g/mol. The van der Waals surface area contributed by atoms with Gasteiger partial charge in [0, 0.05) is 56.3 Å². The fraction of sp³-hybridized carbons (Fsp3) is 0.652. The van der Waals surface area contributed by atoms with Crippen LogP contribution in [0.4, 0.5) is 0 Å². The summed E-state index contributed by atoms with van der Waals surface area (Å²) in [6.45, 7) is 10.5. The second-order valence-corrected chi connectivity index (χ2v) is 9.15. The number of rotatable bonds is 6. The van der Waals surface area contributed by atoms with Crippen LogP contribution in [0.2, 0.25) is 5.02 Å². The first-order chi connectivity index (χ1) is 15.1. The Kier molecular flexibility index (Phi) is 7.35. The van der Waals surface area contributed by atoms with Gasteiger partial charge in [-0.25, -0.2) is 0 Å². The van der Waals surface area contributed by atoms with Crippen molar-refractivity contribution in [2.24, 2.45) is 4.99 Å². The molecule has 1 saturated carbocycles. The summed E-state index contributed by atoms with van der Waals surface area (Å²) in [4.78, 5) is 24.1. The van der Waals surface area contributed by atoms with Gasteiger partial charge in [0.05, 0.1) is 26.3 Å². The molecule has 1 aromatic rings. The number of halogens is 1. The van der Waals surface area contributed by atoms with Crippen LogP contribution in [-0.2, 0) is 14.9 Å². The number of guanidine groups is 1. The minimum absolute atomic E-state index is 0.137. The van der Waals surface area contributed by atoms with Crippen LogP contribution in [0, 0.1) is 0 Å². The standard InChI is InChI=1S/C23H34ClN5O2/c1-2-25-22(26-18-23(6-7-23)19-4-3-5-20(24)16-19)29-10-8-27(9-11-29)17-21(30)28-12-14-31-15-13-28/h3-5,16H,2,6-15,17-18H2,1H3,(H,25,26). The number of morpholine rings is 1. The maximum absolute atomic E-state index is 12.5. The SMILES string of the molecule is CCNC(=NCC1(c2cccc(Cl)c2)CC1)N1CCN(CC(=O)N2CCOCC2)CC1. The van der Waals surface area contributed by atoms with Gasteiger partial charge in [-0.05, 0) is 37.5 Å². The molecular formula is C23H34ClN5O2. The number of aliphatic imine (C=N–C) groups is 1. The maximum atomic E-state index is 12.5. The second-order valence-electron chi connectivity index (χ2n) is 8.72. The van der Waals surface area contributed by atoms with E-state index in [0.29, 0.717) is 32.8 Å². The summed E-state index contributed by atoms with van der Waals surface area (Å²) in [7, 11) is 0. The van der Waals surface area contributed by atoms with Crippen LogP contribution in [0.3, 0.4) is 0 Å². The molecule has 3 aliphatic rings. The number of ether oxygens (including phenoxy) is 1. The van der Waals surface area contributed by atoms with E-state index in [-0.39, 0.29) is 11.3 Å². The van der Waals surface area contributed by atoms with E-state index in [9.17, 15) is 4.79 Å². The Morgan fingerprint density at radius 3 is 2.52 bits per heavy atom. The van der Waals surface area contributed by atoms with E-state index in [4.69, 9.17) is 21.3 Å². The molecule has 7 nitrogen and oxygen atoms in total. The smallest absolute Gasteiger partial charge is 0.236 e. The Morgan fingerprint density at radius 2 is 1.87 bits per heavy atom. The van der Waals surface area contributed by atoms with E-state index in [1.54, 1.807) is 0 Å². The lowest BCUT2D eigenvalue weighted by Gasteiger charge is -2.37. The summed E-state index contributed by atoms with van der Waals surface area (Å²) in [5.74, 6) is 1.20. The molecule has 3 fully saturated rings. The summed E-state index contributed by atoms with van der Waals surface area (Å²) in [5, 5.41) is 4.26. The topological polar surface area (TPSA) is 60.4 Å². The molecule has 8 heteroatoms. The van der Waals surface area contributed by atoms with Crippen LogP contribution in [0.15, 0.2) is 29.3 Å². The van der Waals surface area contributed by atoms with Gasteiger partial charge in [0.2, 0.25) is 5.91 Å². The molecule has 1 N–H and O–H groups in total. The number of benzene rings is 1. The fourth-order valence-corrected chi connectivity index (χ4v) is 4.57. The average molecular weight is 448 g/mol. The van der Waals surface area contributed by atoms with Crippen molar-refractivity contribution in [1.29, 1.82) is 0 Å². The molecule has 31 heavy (non-hydrogen) atoms. The number of piperazine rings is 1. The molecule has 170 valence electrons. The highest BCUT2D eigenvalue weighted by molar-refractivity contribution is 6.30. The molecule has 0 atom stereocenters. The van der Waals surface area contributed by atoms with Crippen molar-refractivity contribution in [2.75, 3.05) is 72.1 Å². The molecule has 0 aromatic heterocycles. The van der Waals surface area contributed by atoms with Crippen molar-refractivity contribution in [1.82, 2.24) is 20.0 Å². The molecule has 0 radical (unpaired) electrons. The molecular weight excluding hydrogens is 414 g/mol. The van der Waals surface area contributed by atoms with Gasteiger partial charge in [-0.2, -0.15) is 0 Å². The van der Waals surface area contributed by atoms with Crippen LogP contribution in [0.1, 0.15) is 25.3 Å². The zero-order valence-corrected chi connectivity index (χ0v) is 19.2. The van der Waals surface area contributed by atoms with E-state index in [2.05, 4.69) is 34.2 Å². The zero-order chi connectivity index (χ0) is 21.7. The first-order valence-electron chi connectivity index (χ1n) is 11.5. The lowest BCUT2D eigenvalue weighted by molar-refractivity contribution is -0.136. The summed E-state index contributed by atoms with van der Waals surface area (Å²) < 4.78 is 5.35. The van der Waals surface area contributed by atoms with Gasteiger partial charge in [0.15, 0.2) is 5.96 Å². The predicted molar refractivity (Wildman–Crippen MR) is 124 cm³/mol. The number of carbonyl (C=O) groups is 1. The highest BCUT2D eigenvalue weighted by atomic mass is 35.5. The van der Waals surface area contributed by atoms with Crippen molar-refractivity contribution in [3.05, 3.63) is 34.9 Å². The molecule has 2 heterocycles. The van der Waals surface area contributed by atoms with Crippen LogP contribution in [0.5, 0.6) is 0 Å². The molecule has 0 spiro atoms. The number of nitrogens with zero attached hydrogens (tertiary/aromatic N) is 4. The van der Waals surface area contributed by atoms with Gasteiger partial charge in [-0.3, -0.25) is 14.7 Å². The van der Waals surface area contributed by atoms with Crippen molar-refractivity contribution in [3.63, 3.8) is 0 Å². The third-order valence-electron chi connectivity index (χ3n) is 6.55. The van der Waals surface area contributed by atoms with E-state index >= 15 is 0 Å². The number of nitrogens with one attached hydrogen (secondary N) is 1. The first kappa shape index (κ1) is 22.4. The van der Waals surface area contributed by atoms with Crippen molar-refractivity contribution < 1.29 is 9.53 Å².